The van der Waals surface area contributed by atoms with Crippen LogP contribution >= 0.6 is 0 Å². The van der Waals surface area contributed by atoms with Crippen molar-refractivity contribution < 1.29 is 5.11 Å². The first-order valence-electron chi connectivity index (χ1n) is 10.7. The predicted molar refractivity (Wildman–Crippen MR) is 115 cm³/mol. The van der Waals surface area contributed by atoms with Crippen molar-refractivity contribution in [3.05, 3.63) is 72.1 Å². The van der Waals surface area contributed by atoms with Crippen LogP contribution in [0.25, 0.3) is 5.57 Å². The summed E-state index contributed by atoms with van der Waals surface area (Å²) in [4.78, 5) is 6.56. The minimum atomic E-state index is -0.529. The zero-order valence-electron chi connectivity index (χ0n) is 16.9. The molecule has 0 amide bonds. The van der Waals surface area contributed by atoms with Gasteiger partial charge in [-0.1, -0.05) is 42.5 Å². The van der Waals surface area contributed by atoms with Crippen molar-refractivity contribution in [3.63, 3.8) is 0 Å². The second kappa shape index (κ2) is 8.59. The van der Waals surface area contributed by atoms with E-state index in [2.05, 4.69) is 59.4 Å². The molecular formula is C25H32N2O. The maximum Gasteiger partial charge on any atom is 0.0728 e. The van der Waals surface area contributed by atoms with Gasteiger partial charge < -0.3 is 10.0 Å². The first-order valence-corrected chi connectivity index (χ1v) is 10.7. The van der Waals surface area contributed by atoms with Crippen LogP contribution in [0.4, 0.5) is 0 Å². The Labute approximate surface area is 169 Å². The number of aliphatic hydroxyl groups is 1. The van der Waals surface area contributed by atoms with Gasteiger partial charge in [-0.25, -0.2) is 0 Å². The number of fused-ring (bicyclic) bond motifs is 2. The van der Waals surface area contributed by atoms with Crippen LogP contribution in [0.1, 0.15) is 43.2 Å². The first kappa shape index (κ1) is 19.4. The first-order chi connectivity index (χ1) is 13.6. The lowest BCUT2D eigenvalue weighted by Gasteiger charge is -2.48. The zero-order chi connectivity index (χ0) is 19.4. The van der Waals surface area contributed by atoms with Gasteiger partial charge in [0.2, 0.25) is 0 Å². The van der Waals surface area contributed by atoms with E-state index in [0.29, 0.717) is 11.8 Å². The van der Waals surface area contributed by atoms with E-state index in [9.17, 15) is 5.11 Å². The fourth-order valence-corrected chi connectivity index (χ4v) is 5.03. The van der Waals surface area contributed by atoms with E-state index in [0.717, 1.165) is 45.2 Å². The maximum absolute atomic E-state index is 11.4. The number of aryl methyl sites for hydroxylation is 1. The summed E-state index contributed by atoms with van der Waals surface area (Å²) in [7, 11) is 2.18. The lowest BCUT2D eigenvalue weighted by molar-refractivity contribution is -0.0574. The number of hydrogen-bond donors (Lipinski definition) is 1. The largest absolute Gasteiger partial charge is 0.389 e. The molecule has 0 saturated heterocycles. The second-order valence-corrected chi connectivity index (χ2v) is 8.69. The van der Waals surface area contributed by atoms with E-state index >= 15 is 0 Å². The van der Waals surface area contributed by atoms with Gasteiger partial charge in [0.05, 0.1) is 5.60 Å². The Kier molecular flexibility index (Phi) is 5.93. The van der Waals surface area contributed by atoms with Crippen LogP contribution in [-0.2, 0) is 6.42 Å². The summed E-state index contributed by atoms with van der Waals surface area (Å²) in [6.07, 6.45) is 12.5. The average molecular weight is 377 g/mol. The molecule has 1 saturated carbocycles. The molecule has 1 aromatic heterocycles. The summed E-state index contributed by atoms with van der Waals surface area (Å²) in [6, 6.07) is 14.9. The molecule has 5 rings (SSSR count). The topological polar surface area (TPSA) is 36.4 Å². The molecule has 148 valence electrons. The fraction of sp³-hybridized carbons (Fsp3) is 0.480. The molecule has 1 fully saturated rings. The molecular weight excluding hydrogens is 344 g/mol. The van der Waals surface area contributed by atoms with Gasteiger partial charge in [-0.2, -0.15) is 0 Å². The van der Waals surface area contributed by atoms with E-state index in [-0.39, 0.29) is 0 Å². The molecule has 3 aliphatic carbocycles. The quantitative estimate of drug-likeness (QED) is 0.732. The Bertz CT molecular complexity index is 789. The van der Waals surface area contributed by atoms with Crippen molar-refractivity contribution >= 4 is 5.57 Å². The molecule has 1 N–H and O–H groups in total. The van der Waals surface area contributed by atoms with Crippen molar-refractivity contribution in [2.24, 2.45) is 11.8 Å². The van der Waals surface area contributed by atoms with Crippen molar-refractivity contribution in [2.75, 3.05) is 20.1 Å². The Morgan fingerprint density at radius 2 is 1.96 bits per heavy atom. The molecule has 3 atom stereocenters. The third-order valence-corrected chi connectivity index (χ3v) is 6.70. The van der Waals surface area contributed by atoms with Crippen LogP contribution in [0.2, 0.25) is 0 Å². The number of hydrogen-bond acceptors (Lipinski definition) is 3. The lowest BCUT2D eigenvalue weighted by atomic mass is 9.61. The van der Waals surface area contributed by atoms with Crippen LogP contribution < -0.4 is 0 Å². The summed E-state index contributed by atoms with van der Waals surface area (Å²) < 4.78 is 0. The van der Waals surface area contributed by atoms with Gasteiger partial charge in [0.15, 0.2) is 0 Å². The Hall–Kier alpha value is -1.97. The molecule has 1 aromatic carbocycles. The van der Waals surface area contributed by atoms with Crippen LogP contribution in [0, 0.1) is 11.8 Å². The fourth-order valence-electron chi connectivity index (χ4n) is 5.03. The van der Waals surface area contributed by atoms with E-state index in [1.807, 2.05) is 18.5 Å². The Morgan fingerprint density at radius 1 is 1.11 bits per heavy atom. The molecule has 0 spiro atoms. The lowest BCUT2D eigenvalue weighted by Crippen LogP contribution is -2.48. The standard InChI is InChI=1S/C25H32N2O/c1-27(15-6-8-20-7-5-14-26-19-20)16-13-25(28)18-22-11-12-23(25)17-24(22)21-9-3-2-4-10-21/h2-5,7,9-10,14,17,19,22-23,28H,6,8,11-13,15-16,18H2,1H3. The highest BCUT2D eigenvalue weighted by atomic mass is 16.3. The minimum Gasteiger partial charge on any atom is -0.389 e. The van der Waals surface area contributed by atoms with Crippen LogP contribution in [0.15, 0.2) is 60.9 Å². The molecule has 3 nitrogen and oxygen atoms in total. The van der Waals surface area contributed by atoms with Crippen LogP contribution in [-0.4, -0.2) is 40.7 Å². The highest BCUT2D eigenvalue weighted by Gasteiger charge is 2.46. The minimum absolute atomic E-state index is 0.302. The molecule has 3 heteroatoms. The summed E-state index contributed by atoms with van der Waals surface area (Å²) >= 11 is 0. The van der Waals surface area contributed by atoms with Gasteiger partial charge in [-0.15, -0.1) is 0 Å². The van der Waals surface area contributed by atoms with Crippen molar-refractivity contribution in [2.45, 2.75) is 44.1 Å². The van der Waals surface area contributed by atoms with Crippen LogP contribution in [0.3, 0.4) is 0 Å². The van der Waals surface area contributed by atoms with Crippen LogP contribution in [0.5, 0.6) is 0 Å². The molecule has 2 aromatic rings. The average Bonchev–Trinajstić information content (AvgIpc) is 2.74. The molecule has 0 aliphatic heterocycles. The normalized spacial score (nSPS) is 26.5. The van der Waals surface area contributed by atoms with Gasteiger partial charge in [-0.05, 0) is 80.8 Å². The van der Waals surface area contributed by atoms with Gasteiger partial charge in [0.25, 0.3) is 0 Å². The molecule has 2 bridgehead atoms. The van der Waals surface area contributed by atoms with Gasteiger partial charge >= 0.3 is 0 Å². The highest BCUT2D eigenvalue weighted by Crippen LogP contribution is 2.51. The molecule has 3 aliphatic rings. The van der Waals surface area contributed by atoms with Crippen molar-refractivity contribution in [1.82, 2.24) is 9.88 Å². The highest BCUT2D eigenvalue weighted by molar-refractivity contribution is 5.69. The molecule has 28 heavy (non-hydrogen) atoms. The molecule has 1 heterocycles. The zero-order valence-corrected chi connectivity index (χ0v) is 16.9. The van der Waals surface area contributed by atoms with E-state index in [1.165, 1.54) is 23.1 Å². The Morgan fingerprint density at radius 3 is 2.68 bits per heavy atom. The number of nitrogens with zero attached hydrogens (tertiary/aromatic N) is 2. The third-order valence-electron chi connectivity index (χ3n) is 6.70. The predicted octanol–water partition coefficient (Wildman–Crippen LogP) is 4.58. The molecule has 0 radical (unpaired) electrons. The number of allylic oxidation sites excluding steroid dienone is 1. The number of pyridine rings is 1. The maximum atomic E-state index is 11.4. The van der Waals surface area contributed by atoms with E-state index in [1.54, 1.807) is 0 Å². The number of benzene rings is 1. The summed E-state index contributed by atoms with van der Waals surface area (Å²) in [5.41, 5.74) is 3.58. The smallest absolute Gasteiger partial charge is 0.0728 e. The Balaban J connectivity index is 1.30. The SMILES string of the molecule is CN(CCCc1cccnc1)CCC1(O)CC2CCC1C=C2c1ccccc1. The van der Waals surface area contributed by atoms with Gasteiger partial charge in [0, 0.05) is 24.9 Å². The number of aromatic nitrogens is 1. The van der Waals surface area contributed by atoms with Gasteiger partial charge in [0.1, 0.15) is 0 Å². The monoisotopic (exact) mass is 376 g/mol. The van der Waals surface area contributed by atoms with Crippen molar-refractivity contribution in [1.29, 1.82) is 0 Å². The summed E-state index contributed by atoms with van der Waals surface area (Å²) in [5, 5.41) is 11.4. The number of rotatable bonds is 8. The summed E-state index contributed by atoms with van der Waals surface area (Å²) in [5.74, 6) is 0.810. The second-order valence-electron chi connectivity index (χ2n) is 8.69. The van der Waals surface area contributed by atoms with E-state index < -0.39 is 5.60 Å². The van der Waals surface area contributed by atoms with E-state index in [4.69, 9.17) is 0 Å². The molecule has 3 unspecified atom stereocenters. The van der Waals surface area contributed by atoms with Gasteiger partial charge in [-0.3, -0.25) is 4.98 Å². The summed E-state index contributed by atoms with van der Waals surface area (Å²) in [6.45, 7) is 2.02. The third kappa shape index (κ3) is 4.37. The van der Waals surface area contributed by atoms with Crippen molar-refractivity contribution in [3.8, 4) is 0 Å².